The normalized spacial score (nSPS) is 14.0. The van der Waals surface area contributed by atoms with E-state index >= 15 is 0 Å². The van der Waals surface area contributed by atoms with E-state index in [1.807, 2.05) is 18.2 Å². The zero-order valence-electron chi connectivity index (χ0n) is 21.3. The summed E-state index contributed by atoms with van der Waals surface area (Å²) in [4.78, 5) is 24.3. The molecule has 0 spiro atoms. The SMILES string of the molecule is N#Cc1cc2c(cc1Oc1ccc(C(=O)CCCc3ccc(-c4ccccc4)cc3)cc1)OCCC2C(=O)O. The number of hydrogen-bond acceptors (Lipinski definition) is 5. The van der Waals surface area contributed by atoms with Gasteiger partial charge in [-0.1, -0.05) is 54.6 Å². The molecule has 1 heterocycles. The zero-order chi connectivity index (χ0) is 27.2. The highest BCUT2D eigenvalue weighted by molar-refractivity contribution is 5.96. The second-order valence-corrected chi connectivity index (χ2v) is 9.49. The maximum atomic E-state index is 12.7. The molecule has 4 aromatic carbocycles. The molecule has 0 fully saturated rings. The first kappa shape index (κ1) is 25.7. The fraction of sp³-hybridized carbons (Fsp3) is 0.182. The lowest BCUT2D eigenvalue weighted by molar-refractivity contribution is -0.139. The number of carbonyl (C=O) groups is 2. The molecule has 5 rings (SSSR count). The Balaban J connectivity index is 1.18. The molecule has 1 aliphatic rings. The molecule has 6 nitrogen and oxygen atoms in total. The fourth-order valence-corrected chi connectivity index (χ4v) is 4.77. The maximum absolute atomic E-state index is 12.7. The number of hydrogen-bond donors (Lipinski definition) is 1. The Kier molecular flexibility index (Phi) is 7.70. The van der Waals surface area contributed by atoms with Gasteiger partial charge in [0.2, 0.25) is 0 Å². The molecule has 1 unspecified atom stereocenters. The van der Waals surface area contributed by atoms with Gasteiger partial charge in [-0.3, -0.25) is 9.59 Å². The van der Waals surface area contributed by atoms with Crippen LogP contribution in [0.2, 0.25) is 0 Å². The van der Waals surface area contributed by atoms with E-state index in [4.69, 9.17) is 9.47 Å². The van der Waals surface area contributed by atoms with Gasteiger partial charge in [-0.25, -0.2) is 0 Å². The average molecular weight is 518 g/mol. The molecule has 1 aliphatic heterocycles. The number of aryl methyl sites for hydroxylation is 1. The second-order valence-electron chi connectivity index (χ2n) is 9.49. The second kappa shape index (κ2) is 11.7. The predicted molar refractivity (Wildman–Crippen MR) is 147 cm³/mol. The molecule has 0 bridgehead atoms. The van der Waals surface area contributed by atoms with E-state index in [0.29, 0.717) is 35.5 Å². The minimum atomic E-state index is -0.946. The molecule has 0 radical (unpaired) electrons. The number of ether oxygens (including phenoxy) is 2. The molecule has 1 N–H and O–H groups in total. The van der Waals surface area contributed by atoms with Gasteiger partial charge >= 0.3 is 5.97 Å². The van der Waals surface area contributed by atoms with Crippen molar-refractivity contribution in [3.05, 3.63) is 113 Å². The van der Waals surface area contributed by atoms with Crippen LogP contribution >= 0.6 is 0 Å². The number of carboxylic acid groups (broad SMARTS) is 1. The highest BCUT2D eigenvalue weighted by Gasteiger charge is 2.29. The summed E-state index contributed by atoms with van der Waals surface area (Å²) in [5, 5.41) is 19.1. The van der Waals surface area contributed by atoms with Crippen molar-refractivity contribution in [2.75, 3.05) is 6.61 Å². The largest absolute Gasteiger partial charge is 0.493 e. The van der Waals surface area contributed by atoms with E-state index in [9.17, 15) is 20.0 Å². The standard InChI is InChI=1S/C33H27NO5/c34-21-26-19-29-28(33(36)37)17-18-38-32(29)20-31(26)39-27-15-13-25(14-16-27)30(35)8-4-5-22-9-11-24(12-10-22)23-6-2-1-3-7-23/h1-3,6-7,9-16,19-20,28H,4-5,8,17-18H2,(H,36,37). The van der Waals surface area contributed by atoms with Gasteiger partial charge in [0.05, 0.1) is 18.1 Å². The Labute approximate surface area is 227 Å². The zero-order valence-corrected chi connectivity index (χ0v) is 21.3. The van der Waals surface area contributed by atoms with Crippen molar-refractivity contribution in [2.24, 2.45) is 0 Å². The van der Waals surface area contributed by atoms with E-state index in [0.717, 1.165) is 12.8 Å². The summed E-state index contributed by atoms with van der Waals surface area (Å²) in [6, 6.07) is 30.7. The van der Waals surface area contributed by atoms with Gasteiger partial charge < -0.3 is 14.6 Å². The van der Waals surface area contributed by atoms with E-state index in [1.165, 1.54) is 22.8 Å². The van der Waals surface area contributed by atoms with Crippen LogP contribution in [0.1, 0.15) is 52.2 Å². The van der Waals surface area contributed by atoms with Gasteiger partial charge in [-0.05, 0) is 66.3 Å². The van der Waals surface area contributed by atoms with Gasteiger partial charge in [-0.15, -0.1) is 0 Å². The van der Waals surface area contributed by atoms with Gasteiger partial charge in [0.15, 0.2) is 5.78 Å². The van der Waals surface area contributed by atoms with Crippen LogP contribution in [0.4, 0.5) is 0 Å². The number of nitriles is 1. The summed E-state index contributed by atoms with van der Waals surface area (Å²) in [7, 11) is 0. The Morgan fingerprint density at radius 3 is 2.36 bits per heavy atom. The van der Waals surface area contributed by atoms with Crippen LogP contribution in [0.25, 0.3) is 11.1 Å². The number of fused-ring (bicyclic) bond motifs is 1. The Bertz CT molecular complexity index is 1520. The first-order valence-electron chi connectivity index (χ1n) is 12.9. The Morgan fingerprint density at radius 1 is 0.949 bits per heavy atom. The van der Waals surface area contributed by atoms with Crippen molar-refractivity contribution in [1.82, 2.24) is 0 Å². The number of carboxylic acids is 1. The molecule has 0 aromatic heterocycles. The third-order valence-corrected chi connectivity index (χ3v) is 6.90. The van der Waals surface area contributed by atoms with Crippen LogP contribution in [-0.4, -0.2) is 23.5 Å². The summed E-state index contributed by atoms with van der Waals surface area (Å²) >= 11 is 0. The van der Waals surface area contributed by atoms with Gasteiger partial charge in [-0.2, -0.15) is 5.26 Å². The number of ketones is 1. The number of Topliss-reactive ketones (excluding diaryl/α,β-unsaturated/α-hetero) is 1. The highest BCUT2D eigenvalue weighted by Crippen LogP contribution is 2.39. The highest BCUT2D eigenvalue weighted by atomic mass is 16.5. The number of benzene rings is 4. The summed E-state index contributed by atoms with van der Waals surface area (Å²) in [6.45, 7) is 0.283. The van der Waals surface area contributed by atoms with Crippen molar-refractivity contribution in [3.8, 4) is 34.4 Å². The minimum absolute atomic E-state index is 0.0575. The quantitative estimate of drug-likeness (QED) is 0.236. The monoisotopic (exact) mass is 517 g/mol. The van der Waals surface area contributed by atoms with Gasteiger partial charge in [0.1, 0.15) is 23.3 Å². The van der Waals surface area contributed by atoms with Crippen molar-refractivity contribution >= 4 is 11.8 Å². The van der Waals surface area contributed by atoms with Crippen LogP contribution in [-0.2, 0) is 11.2 Å². The van der Waals surface area contributed by atoms with Crippen molar-refractivity contribution in [2.45, 2.75) is 31.6 Å². The third kappa shape index (κ3) is 6.00. The lowest BCUT2D eigenvalue weighted by Gasteiger charge is -2.24. The molecule has 4 aromatic rings. The summed E-state index contributed by atoms with van der Waals surface area (Å²) in [5.74, 6) is -0.454. The summed E-state index contributed by atoms with van der Waals surface area (Å²) < 4.78 is 11.5. The van der Waals surface area contributed by atoms with Crippen LogP contribution in [0.3, 0.4) is 0 Å². The lowest BCUT2D eigenvalue weighted by Crippen LogP contribution is -2.21. The van der Waals surface area contributed by atoms with Gasteiger partial charge in [0, 0.05) is 23.6 Å². The number of carbonyl (C=O) groups excluding carboxylic acids is 1. The Hall–Kier alpha value is -4.89. The summed E-state index contributed by atoms with van der Waals surface area (Å²) in [5.41, 5.74) is 4.85. The topological polar surface area (TPSA) is 96.6 Å². The first-order valence-corrected chi connectivity index (χ1v) is 12.9. The van der Waals surface area contributed by atoms with Crippen LogP contribution in [0, 0.1) is 11.3 Å². The van der Waals surface area contributed by atoms with Crippen LogP contribution in [0.15, 0.2) is 91.0 Å². The first-order chi connectivity index (χ1) is 19.0. The molecule has 194 valence electrons. The Morgan fingerprint density at radius 2 is 1.67 bits per heavy atom. The number of rotatable bonds is 9. The fourth-order valence-electron chi connectivity index (χ4n) is 4.77. The van der Waals surface area contributed by atoms with Crippen molar-refractivity contribution in [3.63, 3.8) is 0 Å². The molecule has 0 saturated heterocycles. The number of aliphatic carboxylic acids is 1. The molecule has 0 aliphatic carbocycles. The van der Waals surface area contributed by atoms with Crippen LogP contribution < -0.4 is 9.47 Å². The van der Waals surface area contributed by atoms with Gasteiger partial charge in [0.25, 0.3) is 0 Å². The summed E-state index contributed by atoms with van der Waals surface area (Å²) in [6.07, 6.45) is 2.36. The average Bonchev–Trinajstić information content (AvgIpc) is 2.97. The maximum Gasteiger partial charge on any atom is 0.311 e. The van der Waals surface area contributed by atoms with Crippen molar-refractivity contribution in [1.29, 1.82) is 5.26 Å². The molecule has 0 amide bonds. The molecular weight excluding hydrogens is 490 g/mol. The molecular formula is C33H27NO5. The van der Waals surface area contributed by atoms with E-state index in [2.05, 4.69) is 42.5 Å². The smallest absolute Gasteiger partial charge is 0.311 e. The minimum Gasteiger partial charge on any atom is -0.493 e. The predicted octanol–water partition coefficient (Wildman–Crippen LogP) is 7.17. The lowest BCUT2D eigenvalue weighted by atomic mass is 9.91. The molecule has 0 saturated carbocycles. The molecule has 39 heavy (non-hydrogen) atoms. The number of nitrogens with zero attached hydrogens (tertiary/aromatic N) is 1. The van der Waals surface area contributed by atoms with Crippen LogP contribution in [0.5, 0.6) is 17.2 Å². The molecule has 1 atom stereocenters. The van der Waals surface area contributed by atoms with E-state index in [1.54, 1.807) is 30.3 Å². The third-order valence-electron chi connectivity index (χ3n) is 6.90. The van der Waals surface area contributed by atoms with E-state index < -0.39 is 11.9 Å². The van der Waals surface area contributed by atoms with E-state index in [-0.39, 0.29) is 23.7 Å². The van der Waals surface area contributed by atoms with Crippen molar-refractivity contribution < 1.29 is 24.2 Å². The molecule has 6 heteroatoms.